The zero-order valence-corrected chi connectivity index (χ0v) is 9.33. The highest BCUT2D eigenvalue weighted by Crippen LogP contribution is 2.17. The molecule has 7 nitrogen and oxygen atoms in total. The largest absolute Gasteiger partial charge is 0.481 e. The number of likely N-dealkylation sites (tertiary alicyclic amines) is 1. The predicted molar refractivity (Wildman–Crippen MR) is 57.2 cm³/mol. The summed E-state index contributed by atoms with van der Waals surface area (Å²) >= 11 is 0. The lowest BCUT2D eigenvalue weighted by atomic mass is 10.1. The second kappa shape index (κ2) is 5.62. The number of nitrogens with two attached hydrogens (primary N) is 1. The van der Waals surface area contributed by atoms with Crippen LogP contribution in [0, 0.1) is 0 Å². The van der Waals surface area contributed by atoms with Crippen molar-refractivity contribution in [1.29, 1.82) is 0 Å². The summed E-state index contributed by atoms with van der Waals surface area (Å²) in [4.78, 5) is 34.1. The summed E-state index contributed by atoms with van der Waals surface area (Å²) in [7, 11) is 0. The summed E-state index contributed by atoms with van der Waals surface area (Å²) in [5.74, 6) is -2.36. The van der Waals surface area contributed by atoms with E-state index in [2.05, 4.69) is 0 Å². The van der Waals surface area contributed by atoms with Crippen LogP contribution in [0.3, 0.4) is 0 Å². The number of carbonyl (C=O) groups excluding carboxylic acids is 1. The standard InChI is InChI=1S/C10H16N2O5/c11-6-4-8(13)12(5-6)7(10(16)17)2-1-3-9(14)15/h6-7H,1-5,11H2,(H,14,15)(H,16,17). The Labute approximate surface area is 98.2 Å². The van der Waals surface area contributed by atoms with Crippen LogP contribution in [0.2, 0.25) is 0 Å². The molecule has 1 fully saturated rings. The molecule has 0 saturated carbocycles. The van der Waals surface area contributed by atoms with E-state index in [1.807, 2.05) is 0 Å². The van der Waals surface area contributed by atoms with Crippen molar-refractivity contribution in [2.75, 3.05) is 6.54 Å². The van der Waals surface area contributed by atoms with Gasteiger partial charge in [-0.05, 0) is 12.8 Å². The number of carbonyl (C=O) groups is 3. The van der Waals surface area contributed by atoms with Crippen LogP contribution in [0.4, 0.5) is 0 Å². The van der Waals surface area contributed by atoms with Crippen LogP contribution in [0.25, 0.3) is 0 Å². The Hall–Kier alpha value is -1.63. The van der Waals surface area contributed by atoms with Gasteiger partial charge in [0.1, 0.15) is 6.04 Å². The van der Waals surface area contributed by atoms with Gasteiger partial charge in [0.05, 0.1) is 0 Å². The van der Waals surface area contributed by atoms with Gasteiger partial charge in [0, 0.05) is 25.4 Å². The number of carboxylic acids is 2. The van der Waals surface area contributed by atoms with Crippen LogP contribution in [-0.4, -0.2) is 51.6 Å². The molecule has 1 saturated heterocycles. The molecule has 2 unspecified atom stereocenters. The third-order valence-electron chi connectivity index (χ3n) is 2.72. The Bertz CT molecular complexity index is 331. The van der Waals surface area contributed by atoms with Gasteiger partial charge in [0.25, 0.3) is 0 Å². The number of carboxylic acid groups (broad SMARTS) is 2. The Balaban J connectivity index is 2.57. The molecule has 1 amide bonds. The minimum Gasteiger partial charge on any atom is -0.481 e. The van der Waals surface area contributed by atoms with Crippen LogP contribution in [0.5, 0.6) is 0 Å². The molecule has 0 aromatic carbocycles. The molecule has 0 aromatic heterocycles. The number of rotatable bonds is 6. The van der Waals surface area contributed by atoms with E-state index < -0.39 is 18.0 Å². The first kappa shape index (κ1) is 13.4. The fraction of sp³-hybridized carbons (Fsp3) is 0.700. The van der Waals surface area contributed by atoms with E-state index in [-0.39, 0.29) is 44.2 Å². The van der Waals surface area contributed by atoms with E-state index >= 15 is 0 Å². The topological polar surface area (TPSA) is 121 Å². The van der Waals surface area contributed by atoms with Crippen molar-refractivity contribution in [3.63, 3.8) is 0 Å². The lowest BCUT2D eigenvalue weighted by Crippen LogP contribution is -2.43. The SMILES string of the molecule is NC1CC(=O)N(C(CCCC(=O)O)C(=O)O)C1. The number of amides is 1. The van der Waals surface area contributed by atoms with E-state index in [0.717, 1.165) is 0 Å². The van der Waals surface area contributed by atoms with Crippen molar-refractivity contribution >= 4 is 17.8 Å². The molecule has 7 heteroatoms. The molecule has 96 valence electrons. The van der Waals surface area contributed by atoms with Crippen LogP contribution in [0.15, 0.2) is 0 Å². The lowest BCUT2D eigenvalue weighted by molar-refractivity contribution is -0.149. The first-order chi connectivity index (χ1) is 7.91. The minimum absolute atomic E-state index is 0.0993. The van der Waals surface area contributed by atoms with Crippen molar-refractivity contribution in [3.8, 4) is 0 Å². The third-order valence-corrected chi connectivity index (χ3v) is 2.72. The van der Waals surface area contributed by atoms with Crippen LogP contribution < -0.4 is 5.73 Å². The molecular formula is C10H16N2O5. The second-order valence-electron chi connectivity index (χ2n) is 4.15. The van der Waals surface area contributed by atoms with Crippen LogP contribution in [0.1, 0.15) is 25.7 Å². The molecule has 0 aromatic rings. The quantitative estimate of drug-likeness (QED) is 0.565. The lowest BCUT2D eigenvalue weighted by Gasteiger charge is -2.24. The predicted octanol–water partition coefficient (Wildman–Crippen LogP) is -0.746. The molecule has 1 aliphatic rings. The first-order valence-corrected chi connectivity index (χ1v) is 5.41. The Morgan fingerprint density at radius 3 is 2.53 bits per heavy atom. The maximum atomic E-state index is 11.5. The van der Waals surface area contributed by atoms with Crippen molar-refractivity contribution in [2.45, 2.75) is 37.8 Å². The number of hydrogen-bond donors (Lipinski definition) is 3. The van der Waals surface area contributed by atoms with Gasteiger partial charge >= 0.3 is 11.9 Å². The summed E-state index contributed by atoms with van der Waals surface area (Å²) in [6, 6.07) is -1.29. The molecule has 1 heterocycles. The van der Waals surface area contributed by atoms with Crippen molar-refractivity contribution in [1.82, 2.24) is 4.90 Å². The van der Waals surface area contributed by atoms with Gasteiger partial charge in [-0.15, -0.1) is 0 Å². The van der Waals surface area contributed by atoms with E-state index in [9.17, 15) is 14.4 Å². The fourth-order valence-corrected chi connectivity index (χ4v) is 1.92. The van der Waals surface area contributed by atoms with Gasteiger partial charge in [0.15, 0.2) is 0 Å². The van der Waals surface area contributed by atoms with Crippen molar-refractivity contribution < 1.29 is 24.6 Å². The maximum absolute atomic E-state index is 11.5. The highest BCUT2D eigenvalue weighted by atomic mass is 16.4. The highest BCUT2D eigenvalue weighted by Gasteiger charge is 2.35. The second-order valence-corrected chi connectivity index (χ2v) is 4.15. The maximum Gasteiger partial charge on any atom is 0.326 e. The number of nitrogens with zero attached hydrogens (tertiary/aromatic N) is 1. The molecule has 17 heavy (non-hydrogen) atoms. The minimum atomic E-state index is -1.11. The van der Waals surface area contributed by atoms with Crippen LogP contribution in [-0.2, 0) is 14.4 Å². The zero-order chi connectivity index (χ0) is 13.0. The van der Waals surface area contributed by atoms with Crippen LogP contribution >= 0.6 is 0 Å². The van der Waals surface area contributed by atoms with Gasteiger partial charge in [0.2, 0.25) is 5.91 Å². The summed E-state index contributed by atoms with van der Waals surface area (Å²) in [5, 5.41) is 17.5. The number of aliphatic carboxylic acids is 2. The third kappa shape index (κ3) is 3.70. The molecule has 1 rings (SSSR count). The van der Waals surface area contributed by atoms with Gasteiger partial charge in [-0.3, -0.25) is 9.59 Å². The average molecular weight is 244 g/mol. The van der Waals surface area contributed by atoms with Gasteiger partial charge < -0.3 is 20.8 Å². The Morgan fingerprint density at radius 1 is 1.47 bits per heavy atom. The molecule has 0 spiro atoms. The Morgan fingerprint density at radius 2 is 2.12 bits per heavy atom. The summed E-state index contributed by atoms with van der Waals surface area (Å²) in [6.45, 7) is 0.225. The smallest absolute Gasteiger partial charge is 0.326 e. The average Bonchev–Trinajstić information content (AvgIpc) is 2.51. The van der Waals surface area contributed by atoms with Crippen molar-refractivity contribution in [2.24, 2.45) is 5.73 Å². The van der Waals surface area contributed by atoms with Gasteiger partial charge in [-0.2, -0.15) is 0 Å². The Kier molecular flexibility index (Phi) is 4.45. The summed E-state index contributed by atoms with van der Waals surface area (Å²) in [5.41, 5.74) is 5.58. The van der Waals surface area contributed by atoms with E-state index in [1.165, 1.54) is 4.90 Å². The van der Waals surface area contributed by atoms with Gasteiger partial charge in [-0.25, -0.2) is 4.79 Å². The van der Waals surface area contributed by atoms with Gasteiger partial charge in [-0.1, -0.05) is 0 Å². The van der Waals surface area contributed by atoms with E-state index in [4.69, 9.17) is 15.9 Å². The molecular weight excluding hydrogens is 228 g/mol. The molecule has 1 aliphatic heterocycles. The van der Waals surface area contributed by atoms with E-state index in [1.54, 1.807) is 0 Å². The fourth-order valence-electron chi connectivity index (χ4n) is 1.92. The zero-order valence-electron chi connectivity index (χ0n) is 9.33. The first-order valence-electron chi connectivity index (χ1n) is 5.41. The molecule has 0 radical (unpaired) electrons. The summed E-state index contributed by atoms with van der Waals surface area (Å²) in [6.07, 6.45) is 0.423. The molecule has 0 aliphatic carbocycles. The van der Waals surface area contributed by atoms with Crippen molar-refractivity contribution in [3.05, 3.63) is 0 Å². The summed E-state index contributed by atoms with van der Waals surface area (Å²) < 4.78 is 0. The highest BCUT2D eigenvalue weighted by molar-refractivity contribution is 5.85. The number of hydrogen-bond acceptors (Lipinski definition) is 4. The molecule has 0 bridgehead atoms. The van der Waals surface area contributed by atoms with E-state index in [0.29, 0.717) is 0 Å². The monoisotopic (exact) mass is 244 g/mol. The molecule has 2 atom stereocenters. The normalized spacial score (nSPS) is 21.6. The molecule has 4 N–H and O–H groups in total.